The Bertz CT molecular complexity index is 780. The van der Waals surface area contributed by atoms with Gasteiger partial charge in [0.25, 0.3) is 0 Å². The molecular formula is C19H17NO2. The highest BCUT2D eigenvalue weighted by Gasteiger charge is 2.03. The monoisotopic (exact) mass is 291 g/mol. The SMILES string of the molecule is CCOc1ccc(C(=O)/C=C/c2cc3ccccc3[nH]2)cc1. The molecule has 0 amide bonds. The second-order valence-electron chi connectivity index (χ2n) is 4.97. The molecule has 0 fully saturated rings. The number of nitrogens with one attached hydrogen (secondary N) is 1. The molecule has 0 atom stereocenters. The third-order valence-electron chi connectivity index (χ3n) is 3.41. The van der Waals surface area contributed by atoms with Gasteiger partial charge >= 0.3 is 0 Å². The van der Waals surface area contributed by atoms with Gasteiger partial charge in [-0.25, -0.2) is 0 Å². The lowest BCUT2D eigenvalue weighted by molar-refractivity contribution is 0.104. The van der Waals surface area contributed by atoms with Crippen LogP contribution < -0.4 is 4.74 Å². The number of benzene rings is 2. The number of rotatable bonds is 5. The Labute approximate surface area is 129 Å². The van der Waals surface area contributed by atoms with Crippen LogP contribution in [0.4, 0.5) is 0 Å². The minimum absolute atomic E-state index is 0.0262. The van der Waals surface area contributed by atoms with Crippen molar-refractivity contribution in [2.75, 3.05) is 6.61 Å². The average Bonchev–Trinajstić information content (AvgIpc) is 2.96. The van der Waals surface area contributed by atoms with E-state index in [-0.39, 0.29) is 5.78 Å². The van der Waals surface area contributed by atoms with Crippen LogP contribution in [0.1, 0.15) is 23.0 Å². The molecule has 1 aromatic heterocycles. The highest BCUT2D eigenvalue weighted by atomic mass is 16.5. The molecule has 0 aliphatic carbocycles. The highest BCUT2D eigenvalue weighted by Crippen LogP contribution is 2.16. The molecule has 1 N–H and O–H groups in total. The number of aromatic amines is 1. The van der Waals surface area contributed by atoms with E-state index in [9.17, 15) is 4.79 Å². The van der Waals surface area contributed by atoms with Crippen LogP contribution >= 0.6 is 0 Å². The van der Waals surface area contributed by atoms with E-state index in [1.165, 1.54) is 0 Å². The first-order valence-electron chi connectivity index (χ1n) is 7.29. The lowest BCUT2D eigenvalue weighted by atomic mass is 10.1. The van der Waals surface area contributed by atoms with Crippen molar-refractivity contribution >= 4 is 22.8 Å². The van der Waals surface area contributed by atoms with Gasteiger partial charge in [0.15, 0.2) is 5.78 Å². The maximum absolute atomic E-state index is 12.2. The number of aromatic nitrogens is 1. The fraction of sp³-hybridized carbons (Fsp3) is 0.105. The van der Waals surface area contributed by atoms with E-state index < -0.39 is 0 Å². The van der Waals surface area contributed by atoms with Crippen molar-refractivity contribution in [1.82, 2.24) is 4.98 Å². The number of carbonyl (C=O) groups is 1. The maximum Gasteiger partial charge on any atom is 0.185 e. The first-order valence-corrected chi connectivity index (χ1v) is 7.29. The maximum atomic E-state index is 12.2. The van der Waals surface area contributed by atoms with Gasteiger partial charge in [-0.3, -0.25) is 4.79 Å². The van der Waals surface area contributed by atoms with Crippen LogP contribution in [0.15, 0.2) is 60.7 Å². The zero-order valence-corrected chi connectivity index (χ0v) is 12.4. The van der Waals surface area contributed by atoms with Crippen molar-refractivity contribution in [1.29, 1.82) is 0 Å². The summed E-state index contributed by atoms with van der Waals surface area (Å²) in [6.07, 6.45) is 3.39. The summed E-state index contributed by atoms with van der Waals surface area (Å²) in [7, 11) is 0. The van der Waals surface area contributed by atoms with Crippen molar-refractivity contribution < 1.29 is 9.53 Å². The lowest BCUT2D eigenvalue weighted by Gasteiger charge is -2.02. The van der Waals surface area contributed by atoms with Crippen molar-refractivity contribution in [2.24, 2.45) is 0 Å². The summed E-state index contributed by atoms with van der Waals surface area (Å²) < 4.78 is 5.37. The van der Waals surface area contributed by atoms with Gasteiger partial charge in [-0.15, -0.1) is 0 Å². The number of hydrogen-bond acceptors (Lipinski definition) is 2. The molecule has 0 bridgehead atoms. The van der Waals surface area contributed by atoms with E-state index in [1.54, 1.807) is 24.3 Å². The molecule has 0 saturated heterocycles. The summed E-state index contributed by atoms with van der Waals surface area (Å²) >= 11 is 0. The van der Waals surface area contributed by atoms with Crippen molar-refractivity contribution in [3.8, 4) is 5.75 Å². The van der Waals surface area contributed by atoms with E-state index >= 15 is 0 Å². The second kappa shape index (κ2) is 6.31. The number of ketones is 1. The largest absolute Gasteiger partial charge is 0.494 e. The molecule has 3 rings (SSSR count). The number of hydrogen-bond donors (Lipinski definition) is 1. The Balaban J connectivity index is 1.75. The van der Waals surface area contributed by atoms with Gasteiger partial charge in [-0.1, -0.05) is 18.2 Å². The molecule has 3 nitrogen and oxygen atoms in total. The van der Waals surface area contributed by atoms with Crippen LogP contribution in [0, 0.1) is 0 Å². The Morgan fingerprint density at radius 2 is 1.91 bits per heavy atom. The molecule has 0 radical (unpaired) electrons. The molecule has 3 heteroatoms. The summed E-state index contributed by atoms with van der Waals surface area (Å²) in [5, 5.41) is 1.13. The van der Waals surface area contributed by atoms with Crippen LogP contribution in [-0.2, 0) is 0 Å². The Hall–Kier alpha value is -2.81. The fourth-order valence-electron chi connectivity index (χ4n) is 2.33. The van der Waals surface area contributed by atoms with Crippen LogP contribution in [0.25, 0.3) is 17.0 Å². The molecular weight excluding hydrogens is 274 g/mol. The Morgan fingerprint density at radius 1 is 1.14 bits per heavy atom. The van der Waals surface area contributed by atoms with Gasteiger partial charge in [-0.2, -0.15) is 0 Å². The summed E-state index contributed by atoms with van der Waals surface area (Å²) in [5.41, 5.74) is 2.63. The highest BCUT2D eigenvalue weighted by molar-refractivity contribution is 6.07. The zero-order valence-electron chi connectivity index (χ0n) is 12.4. The molecule has 3 aromatic rings. The van der Waals surface area contributed by atoms with E-state index in [0.29, 0.717) is 12.2 Å². The molecule has 1 heterocycles. The summed E-state index contributed by atoms with van der Waals surface area (Å²) in [5.74, 6) is 0.750. The van der Waals surface area contributed by atoms with Crippen LogP contribution in [0.3, 0.4) is 0 Å². The summed E-state index contributed by atoms with van der Waals surface area (Å²) in [4.78, 5) is 15.4. The van der Waals surface area contributed by atoms with Crippen LogP contribution in [0.5, 0.6) is 5.75 Å². The number of carbonyl (C=O) groups excluding carboxylic acids is 1. The van der Waals surface area contributed by atoms with Gasteiger partial charge in [0.1, 0.15) is 5.75 Å². The van der Waals surface area contributed by atoms with Gasteiger partial charge in [-0.05, 0) is 60.9 Å². The molecule has 0 spiro atoms. The number of allylic oxidation sites excluding steroid dienone is 1. The topological polar surface area (TPSA) is 42.1 Å². The van der Waals surface area contributed by atoms with E-state index in [4.69, 9.17) is 4.74 Å². The molecule has 0 unspecified atom stereocenters. The number of fused-ring (bicyclic) bond motifs is 1. The van der Waals surface area contributed by atoms with E-state index in [2.05, 4.69) is 4.98 Å². The van der Waals surface area contributed by atoms with Crippen LogP contribution in [0.2, 0.25) is 0 Å². The zero-order chi connectivity index (χ0) is 15.4. The van der Waals surface area contributed by atoms with Crippen molar-refractivity contribution in [3.63, 3.8) is 0 Å². The lowest BCUT2D eigenvalue weighted by Crippen LogP contribution is -1.95. The average molecular weight is 291 g/mol. The van der Waals surface area contributed by atoms with E-state index in [1.807, 2.05) is 49.4 Å². The Morgan fingerprint density at radius 3 is 2.64 bits per heavy atom. The van der Waals surface area contributed by atoms with Crippen molar-refractivity contribution in [2.45, 2.75) is 6.92 Å². The summed E-state index contributed by atoms with van der Waals surface area (Å²) in [6.45, 7) is 2.55. The standard InChI is InChI=1S/C19H17NO2/c1-2-22-17-10-7-14(8-11-17)19(21)12-9-16-13-15-5-3-4-6-18(15)20-16/h3-13,20H,2H2,1H3/b12-9+. The molecule has 2 aromatic carbocycles. The first-order chi connectivity index (χ1) is 10.8. The van der Waals surface area contributed by atoms with Gasteiger partial charge in [0.2, 0.25) is 0 Å². The third-order valence-corrected chi connectivity index (χ3v) is 3.41. The van der Waals surface area contributed by atoms with Crippen LogP contribution in [-0.4, -0.2) is 17.4 Å². The minimum atomic E-state index is -0.0262. The molecule has 0 aliphatic rings. The smallest absolute Gasteiger partial charge is 0.185 e. The van der Waals surface area contributed by atoms with Gasteiger partial charge in [0.05, 0.1) is 6.61 Å². The normalized spacial score (nSPS) is 11.1. The predicted octanol–water partition coefficient (Wildman–Crippen LogP) is 4.46. The Kier molecular flexibility index (Phi) is 4.05. The predicted molar refractivity (Wildman–Crippen MR) is 89.3 cm³/mol. The minimum Gasteiger partial charge on any atom is -0.494 e. The number of H-pyrrole nitrogens is 1. The second-order valence-corrected chi connectivity index (χ2v) is 4.97. The summed E-state index contributed by atoms with van der Waals surface area (Å²) in [6, 6.07) is 17.2. The quantitative estimate of drug-likeness (QED) is 0.557. The molecule has 0 saturated carbocycles. The molecule has 22 heavy (non-hydrogen) atoms. The third kappa shape index (κ3) is 3.09. The van der Waals surface area contributed by atoms with Crippen molar-refractivity contribution in [3.05, 3.63) is 71.9 Å². The number of para-hydroxylation sites is 1. The molecule has 110 valence electrons. The van der Waals surface area contributed by atoms with Gasteiger partial charge in [0, 0.05) is 16.8 Å². The molecule has 0 aliphatic heterocycles. The first kappa shape index (κ1) is 14.1. The van der Waals surface area contributed by atoms with Gasteiger partial charge < -0.3 is 9.72 Å². The van der Waals surface area contributed by atoms with E-state index in [0.717, 1.165) is 22.3 Å². The number of ether oxygens (including phenoxy) is 1. The fourth-order valence-corrected chi connectivity index (χ4v) is 2.33.